The summed E-state index contributed by atoms with van der Waals surface area (Å²) in [7, 11) is 0. The normalized spacial score (nSPS) is 14.7. The molecule has 1 aromatic carbocycles. The van der Waals surface area contributed by atoms with Gasteiger partial charge in [0.05, 0.1) is 5.69 Å². The summed E-state index contributed by atoms with van der Waals surface area (Å²) < 4.78 is 9.12. The molecule has 0 saturated carbocycles. The van der Waals surface area contributed by atoms with Crippen molar-refractivity contribution in [3.63, 3.8) is 0 Å². The molecule has 3 heterocycles. The topological polar surface area (TPSA) is 101 Å². The second kappa shape index (κ2) is 8.52. The second-order valence-corrected chi connectivity index (χ2v) is 7.83. The summed E-state index contributed by atoms with van der Waals surface area (Å²) in [5, 5.41) is 10.7. The molecule has 4 rings (SSSR count). The van der Waals surface area contributed by atoms with E-state index in [0.29, 0.717) is 41.9 Å². The summed E-state index contributed by atoms with van der Waals surface area (Å²) >= 11 is 1.14. The number of piperidine rings is 1. The van der Waals surface area contributed by atoms with Gasteiger partial charge in [0, 0.05) is 31.3 Å². The number of benzene rings is 1. The highest BCUT2D eigenvalue weighted by Gasteiger charge is 2.26. The van der Waals surface area contributed by atoms with E-state index in [4.69, 9.17) is 4.52 Å². The van der Waals surface area contributed by atoms with Crippen LogP contribution < -0.4 is 5.32 Å². The summed E-state index contributed by atoms with van der Waals surface area (Å²) in [5.41, 5.74) is 1.82. The van der Waals surface area contributed by atoms with Gasteiger partial charge in [-0.05, 0) is 37.2 Å². The Bertz CT molecular complexity index is 992. The summed E-state index contributed by atoms with van der Waals surface area (Å²) in [6, 6.07) is 11.2. The smallest absolute Gasteiger partial charge is 0.273 e. The minimum atomic E-state index is -0.249. The van der Waals surface area contributed by atoms with E-state index < -0.39 is 0 Å². The van der Waals surface area contributed by atoms with Crippen LogP contribution in [0.2, 0.25) is 0 Å². The van der Waals surface area contributed by atoms with Crippen LogP contribution in [0.1, 0.15) is 38.7 Å². The highest BCUT2D eigenvalue weighted by molar-refractivity contribution is 7.07. The Hall–Kier alpha value is -3.07. The van der Waals surface area contributed by atoms with Crippen LogP contribution in [0.3, 0.4) is 0 Å². The monoisotopic (exact) mass is 411 g/mol. The third kappa shape index (κ3) is 4.34. The average molecular weight is 411 g/mol. The Balaban J connectivity index is 1.26. The third-order valence-corrected chi connectivity index (χ3v) is 5.92. The van der Waals surface area contributed by atoms with Gasteiger partial charge >= 0.3 is 0 Å². The lowest BCUT2D eigenvalue weighted by molar-refractivity contribution is 0.0687. The standard InChI is InChI=1S/C20H21N5O3S/c1-13-18(29-24-22-13)20(27)25-9-7-14(8-10-25)12-21-19(26)16-11-17(28-23-16)15-5-3-2-4-6-15/h2-6,11,14H,7-10,12H2,1H3,(H,21,26). The van der Waals surface area contributed by atoms with Crippen molar-refractivity contribution < 1.29 is 14.1 Å². The third-order valence-electron chi connectivity index (χ3n) is 5.10. The molecule has 0 unspecified atom stereocenters. The Kier molecular flexibility index (Phi) is 5.66. The number of nitrogens with one attached hydrogen (secondary N) is 1. The average Bonchev–Trinajstić information content (AvgIpc) is 3.42. The number of hydrogen-bond acceptors (Lipinski definition) is 7. The second-order valence-electron chi connectivity index (χ2n) is 7.08. The van der Waals surface area contributed by atoms with Crippen molar-refractivity contribution in [2.45, 2.75) is 19.8 Å². The highest BCUT2D eigenvalue weighted by Crippen LogP contribution is 2.22. The number of amides is 2. The zero-order valence-electron chi connectivity index (χ0n) is 16.0. The predicted molar refractivity (Wildman–Crippen MR) is 108 cm³/mol. The van der Waals surface area contributed by atoms with E-state index in [1.807, 2.05) is 35.2 Å². The maximum atomic E-state index is 12.5. The van der Waals surface area contributed by atoms with E-state index in [9.17, 15) is 9.59 Å². The molecule has 2 aromatic heterocycles. The maximum Gasteiger partial charge on any atom is 0.273 e. The first-order valence-electron chi connectivity index (χ1n) is 9.50. The van der Waals surface area contributed by atoms with Gasteiger partial charge in [-0.15, -0.1) is 5.10 Å². The molecular weight excluding hydrogens is 390 g/mol. The molecule has 1 aliphatic rings. The van der Waals surface area contributed by atoms with Crippen LogP contribution in [0.15, 0.2) is 40.9 Å². The SMILES string of the molecule is Cc1nnsc1C(=O)N1CCC(CNC(=O)c2cc(-c3ccccc3)on2)CC1. The number of nitrogens with zero attached hydrogens (tertiary/aromatic N) is 4. The van der Waals surface area contributed by atoms with E-state index in [1.54, 1.807) is 13.0 Å². The Morgan fingerprint density at radius 3 is 2.69 bits per heavy atom. The van der Waals surface area contributed by atoms with Crippen molar-refractivity contribution >= 4 is 23.3 Å². The number of likely N-dealkylation sites (tertiary alicyclic amines) is 1. The molecular formula is C20H21N5O3S. The lowest BCUT2D eigenvalue weighted by atomic mass is 9.96. The zero-order valence-corrected chi connectivity index (χ0v) is 16.8. The van der Waals surface area contributed by atoms with E-state index in [0.717, 1.165) is 29.9 Å². The predicted octanol–water partition coefficient (Wildman–Crippen LogP) is 2.78. The molecule has 1 aliphatic heterocycles. The molecule has 3 aromatic rings. The molecule has 2 amide bonds. The van der Waals surface area contributed by atoms with Gasteiger partial charge in [-0.2, -0.15) is 0 Å². The van der Waals surface area contributed by atoms with E-state index >= 15 is 0 Å². The lowest BCUT2D eigenvalue weighted by Gasteiger charge is -2.31. The quantitative estimate of drug-likeness (QED) is 0.693. The summed E-state index contributed by atoms with van der Waals surface area (Å²) in [4.78, 5) is 27.4. The molecule has 1 fully saturated rings. The molecule has 8 nitrogen and oxygen atoms in total. The van der Waals surface area contributed by atoms with Gasteiger partial charge in [-0.25, -0.2) is 0 Å². The summed E-state index contributed by atoms with van der Waals surface area (Å²) in [6.45, 7) is 3.68. The van der Waals surface area contributed by atoms with Crippen LogP contribution in [0.25, 0.3) is 11.3 Å². The minimum Gasteiger partial charge on any atom is -0.355 e. The molecule has 0 atom stereocenters. The minimum absolute atomic E-state index is 0.00368. The van der Waals surface area contributed by atoms with Crippen LogP contribution in [0.4, 0.5) is 0 Å². The first-order valence-corrected chi connectivity index (χ1v) is 10.3. The number of carbonyl (C=O) groups excluding carboxylic acids is 2. The van der Waals surface area contributed by atoms with Crippen LogP contribution in [-0.2, 0) is 0 Å². The maximum absolute atomic E-state index is 12.5. The van der Waals surface area contributed by atoms with Crippen molar-refractivity contribution in [2.24, 2.45) is 5.92 Å². The van der Waals surface area contributed by atoms with Gasteiger partial charge in [0.15, 0.2) is 11.5 Å². The molecule has 1 saturated heterocycles. The summed E-state index contributed by atoms with van der Waals surface area (Å²) in [6.07, 6.45) is 1.68. The van der Waals surface area contributed by atoms with Gasteiger partial charge in [0.25, 0.3) is 11.8 Å². The molecule has 0 radical (unpaired) electrons. The van der Waals surface area contributed by atoms with Crippen LogP contribution in [-0.4, -0.2) is 51.1 Å². The van der Waals surface area contributed by atoms with Crippen molar-refractivity contribution in [2.75, 3.05) is 19.6 Å². The van der Waals surface area contributed by atoms with Crippen LogP contribution in [0, 0.1) is 12.8 Å². The van der Waals surface area contributed by atoms with E-state index in [-0.39, 0.29) is 17.5 Å². The first kappa shape index (κ1) is 19.3. The van der Waals surface area contributed by atoms with Gasteiger partial charge in [-0.3, -0.25) is 9.59 Å². The number of hydrogen-bond donors (Lipinski definition) is 1. The molecule has 29 heavy (non-hydrogen) atoms. The summed E-state index contributed by atoms with van der Waals surface area (Å²) in [5.74, 6) is 0.636. The molecule has 150 valence electrons. The van der Waals surface area contributed by atoms with Crippen molar-refractivity contribution in [3.05, 3.63) is 52.7 Å². The number of aromatic nitrogens is 3. The zero-order chi connectivity index (χ0) is 20.2. The fourth-order valence-electron chi connectivity index (χ4n) is 3.36. The van der Waals surface area contributed by atoms with E-state index in [1.165, 1.54) is 0 Å². The van der Waals surface area contributed by atoms with Crippen molar-refractivity contribution in [3.8, 4) is 11.3 Å². The number of carbonyl (C=O) groups is 2. The fourth-order valence-corrected chi connectivity index (χ4v) is 3.98. The Morgan fingerprint density at radius 2 is 2.00 bits per heavy atom. The van der Waals surface area contributed by atoms with Gasteiger partial charge < -0.3 is 14.7 Å². The molecule has 0 aliphatic carbocycles. The largest absolute Gasteiger partial charge is 0.355 e. The molecule has 0 spiro atoms. The van der Waals surface area contributed by atoms with Gasteiger partial charge in [0.2, 0.25) is 0 Å². The van der Waals surface area contributed by atoms with Crippen LogP contribution in [0.5, 0.6) is 0 Å². The Labute approximate surface area is 172 Å². The van der Waals surface area contributed by atoms with Gasteiger partial charge in [-0.1, -0.05) is 40.0 Å². The van der Waals surface area contributed by atoms with Crippen molar-refractivity contribution in [1.29, 1.82) is 0 Å². The lowest BCUT2D eigenvalue weighted by Crippen LogP contribution is -2.41. The fraction of sp³-hybridized carbons (Fsp3) is 0.350. The molecule has 0 bridgehead atoms. The first-order chi connectivity index (χ1) is 14.1. The number of rotatable bonds is 5. The van der Waals surface area contributed by atoms with Gasteiger partial charge in [0.1, 0.15) is 4.88 Å². The highest BCUT2D eigenvalue weighted by atomic mass is 32.1. The van der Waals surface area contributed by atoms with Crippen molar-refractivity contribution in [1.82, 2.24) is 25.0 Å². The molecule has 9 heteroatoms. The van der Waals surface area contributed by atoms with E-state index in [2.05, 4.69) is 20.1 Å². The Morgan fingerprint density at radius 1 is 1.24 bits per heavy atom. The molecule has 1 N–H and O–H groups in total. The number of aryl methyl sites for hydroxylation is 1. The van der Waals surface area contributed by atoms with Crippen LogP contribution >= 0.6 is 11.5 Å².